The van der Waals surface area contributed by atoms with E-state index in [1.54, 1.807) is 11.8 Å². The molecule has 8 heavy (non-hydrogen) atoms. The zero-order chi connectivity index (χ0) is 5.82. The third kappa shape index (κ3) is 1.37. The van der Waals surface area contributed by atoms with E-state index in [2.05, 4.69) is 10.7 Å². The third-order valence-corrected chi connectivity index (χ3v) is 1.67. The smallest absolute Gasteiger partial charge is 0.0361 e. The number of allylic oxidation sites excluding steroid dienone is 1. The van der Waals surface area contributed by atoms with Gasteiger partial charge in [0, 0.05) is 24.9 Å². The lowest BCUT2D eigenvalue weighted by Gasteiger charge is -2.02. The quantitative estimate of drug-likeness (QED) is 0.482. The van der Waals surface area contributed by atoms with Gasteiger partial charge in [0.05, 0.1) is 0 Å². The van der Waals surface area contributed by atoms with E-state index in [-0.39, 0.29) is 0 Å². The molecule has 0 aromatic carbocycles. The van der Waals surface area contributed by atoms with Crippen molar-refractivity contribution in [1.82, 2.24) is 0 Å². The van der Waals surface area contributed by atoms with E-state index in [1.807, 2.05) is 18.5 Å². The first-order chi connectivity index (χ1) is 3.93. The molecule has 43 valence electrons. The molecule has 1 rings (SSSR count). The molecule has 0 atom stereocenters. The van der Waals surface area contributed by atoms with Crippen molar-refractivity contribution in [3.63, 3.8) is 0 Å². The third-order valence-electron chi connectivity index (χ3n) is 1.01. The molecule has 0 bridgehead atoms. The maximum absolute atomic E-state index is 4.03. The number of rotatable bonds is 0. The predicted molar refractivity (Wildman–Crippen MR) is 39.0 cm³/mol. The molecule has 0 fully saturated rings. The van der Waals surface area contributed by atoms with Crippen LogP contribution in [0.2, 0.25) is 0 Å². The van der Waals surface area contributed by atoms with Crippen molar-refractivity contribution < 1.29 is 0 Å². The largest absolute Gasteiger partial charge is 0.293 e. The minimum Gasteiger partial charge on any atom is -0.293 e. The highest BCUT2D eigenvalue weighted by atomic mass is 32.2. The minimum atomic E-state index is 1.01. The van der Waals surface area contributed by atoms with E-state index < -0.39 is 0 Å². The molecule has 0 aromatic heterocycles. The maximum atomic E-state index is 4.03. The van der Waals surface area contributed by atoms with Gasteiger partial charge in [0.25, 0.3) is 0 Å². The van der Waals surface area contributed by atoms with E-state index in [4.69, 9.17) is 0 Å². The van der Waals surface area contributed by atoms with Gasteiger partial charge in [0.15, 0.2) is 0 Å². The second-order valence-electron chi connectivity index (χ2n) is 1.52. The Labute approximate surface area is 53.9 Å². The normalized spacial score (nSPS) is 24.4. The highest BCUT2D eigenvalue weighted by Crippen LogP contribution is 2.16. The Kier molecular flexibility index (Phi) is 2.15. The standard InChI is InChI=1S/C6H8NS/c1-7-6-2-4-8-5-3-6/h2,4-5H,3H2,1H3. The highest BCUT2D eigenvalue weighted by molar-refractivity contribution is 8.04. The first kappa shape index (κ1) is 5.89. The Bertz CT molecular complexity index is 126. The van der Waals surface area contributed by atoms with Gasteiger partial charge in [0.1, 0.15) is 0 Å². The van der Waals surface area contributed by atoms with Crippen molar-refractivity contribution in [2.45, 2.75) is 6.42 Å². The molecule has 0 saturated carbocycles. The Morgan fingerprint density at radius 1 is 1.75 bits per heavy atom. The van der Waals surface area contributed by atoms with Crippen LogP contribution >= 0.6 is 11.8 Å². The van der Waals surface area contributed by atoms with Crippen LogP contribution in [0.15, 0.2) is 16.5 Å². The first-order valence-electron chi connectivity index (χ1n) is 2.53. The van der Waals surface area contributed by atoms with Crippen LogP contribution in [0.1, 0.15) is 6.42 Å². The lowest BCUT2D eigenvalue weighted by molar-refractivity contribution is 1.35. The average Bonchev–Trinajstić information content (AvgIpc) is 1.90. The summed E-state index contributed by atoms with van der Waals surface area (Å²) >= 11 is 1.73. The molecule has 1 nitrogen and oxygen atoms in total. The second kappa shape index (κ2) is 2.92. The molecule has 2 heteroatoms. The number of hydrogen-bond acceptors (Lipinski definition) is 2. The monoisotopic (exact) mass is 126 g/mol. The van der Waals surface area contributed by atoms with Gasteiger partial charge in [-0.15, -0.1) is 11.8 Å². The molecular formula is C6H8NS. The van der Waals surface area contributed by atoms with Gasteiger partial charge in [0.2, 0.25) is 0 Å². The summed E-state index contributed by atoms with van der Waals surface area (Å²) in [6, 6.07) is 0. The molecule has 0 amide bonds. The van der Waals surface area contributed by atoms with Crippen LogP contribution in [0, 0.1) is 5.75 Å². The van der Waals surface area contributed by atoms with E-state index >= 15 is 0 Å². The number of thioether (sulfide) groups is 1. The Morgan fingerprint density at radius 3 is 3.00 bits per heavy atom. The summed E-state index contributed by atoms with van der Waals surface area (Å²) in [6.45, 7) is 0. The van der Waals surface area contributed by atoms with Gasteiger partial charge < -0.3 is 0 Å². The number of aliphatic imine (C=N–C) groups is 1. The summed E-state index contributed by atoms with van der Waals surface area (Å²) in [5, 5.41) is 2.05. The Morgan fingerprint density at radius 2 is 2.62 bits per heavy atom. The predicted octanol–water partition coefficient (Wildman–Crippen LogP) is 1.87. The van der Waals surface area contributed by atoms with Crippen LogP contribution in [0.25, 0.3) is 0 Å². The van der Waals surface area contributed by atoms with Crippen LogP contribution < -0.4 is 0 Å². The van der Waals surface area contributed by atoms with Crippen molar-refractivity contribution in [1.29, 1.82) is 0 Å². The zero-order valence-corrected chi connectivity index (χ0v) is 5.61. The molecular weight excluding hydrogens is 118 g/mol. The number of nitrogens with zero attached hydrogens (tertiary/aromatic N) is 1. The second-order valence-corrected chi connectivity index (χ2v) is 2.40. The van der Waals surface area contributed by atoms with Gasteiger partial charge in [-0.25, -0.2) is 0 Å². The summed E-state index contributed by atoms with van der Waals surface area (Å²) in [4.78, 5) is 4.03. The van der Waals surface area contributed by atoms with E-state index in [0.717, 1.165) is 6.42 Å². The van der Waals surface area contributed by atoms with E-state index in [9.17, 15) is 0 Å². The topological polar surface area (TPSA) is 12.4 Å². The molecule has 0 aliphatic carbocycles. The number of hydrogen-bond donors (Lipinski definition) is 0. The molecule has 0 N–H and O–H groups in total. The summed E-state index contributed by atoms with van der Waals surface area (Å²) in [5.41, 5.74) is 1.17. The summed E-state index contributed by atoms with van der Waals surface area (Å²) in [5.74, 6) is 2.14. The fourth-order valence-corrected chi connectivity index (χ4v) is 1.15. The molecule has 1 aliphatic rings. The van der Waals surface area contributed by atoms with Crippen molar-refractivity contribution in [3.05, 3.63) is 17.2 Å². The minimum absolute atomic E-state index is 1.01. The van der Waals surface area contributed by atoms with E-state index in [0.29, 0.717) is 0 Å². The van der Waals surface area contributed by atoms with Crippen molar-refractivity contribution >= 4 is 17.5 Å². The first-order valence-corrected chi connectivity index (χ1v) is 3.47. The zero-order valence-electron chi connectivity index (χ0n) is 4.79. The summed E-state index contributed by atoms with van der Waals surface area (Å²) in [7, 11) is 1.82. The van der Waals surface area contributed by atoms with Gasteiger partial charge in [-0.3, -0.25) is 4.99 Å². The van der Waals surface area contributed by atoms with Crippen molar-refractivity contribution in [2.75, 3.05) is 7.05 Å². The fourth-order valence-electron chi connectivity index (χ4n) is 0.541. The van der Waals surface area contributed by atoms with Gasteiger partial charge in [-0.05, 0) is 11.5 Å². The van der Waals surface area contributed by atoms with Crippen LogP contribution in [0.4, 0.5) is 0 Å². The molecule has 0 unspecified atom stereocenters. The molecule has 1 radical (unpaired) electrons. The molecule has 1 aliphatic heterocycles. The van der Waals surface area contributed by atoms with Crippen LogP contribution in [-0.2, 0) is 0 Å². The van der Waals surface area contributed by atoms with Crippen LogP contribution in [0.5, 0.6) is 0 Å². The molecule has 0 spiro atoms. The Balaban J connectivity index is 2.56. The van der Waals surface area contributed by atoms with Gasteiger partial charge >= 0.3 is 0 Å². The van der Waals surface area contributed by atoms with Gasteiger partial charge in [-0.1, -0.05) is 0 Å². The average molecular weight is 126 g/mol. The molecule has 0 aromatic rings. The lowest BCUT2D eigenvalue weighted by Crippen LogP contribution is -1.94. The Hall–Kier alpha value is -0.240. The van der Waals surface area contributed by atoms with Crippen molar-refractivity contribution in [2.24, 2.45) is 4.99 Å². The SMILES string of the molecule is CN=C1C=CS[CH]C1. The summed E-state index contributed by atoms with van der Waals surface area (Å²) in [6.07, 6.45) is 3.06. The van der Waals surface area contributed by atoms with Crippen molar-refractivity contribution in [3.8, 4) is 0 Å². The maximum Gasteiger partial charge on any atom is 0.0361 e. The fraction of sp³-hybridized carbons (Fsp3) is 0.333. The molecule has 0 saturated heterocycles. The molecule has 1 heterocycles. The van der Waals surface area contributed by atoms with E-state index in [1.165, 1.54) is 5.71 Å². The van der Waals surface area contributed by atoms with Gasteiger partial charge in [-0.2, -0.15) is 0 Å². The lowest BCUT2D eigenvalue weighted by atomic mass is 10.3. The highest BCUT2D eigenvalue weighted by Gasteiger charge is 1.97. The summed E-state index contributed by atoms with van der Waals surface area (Å²) < 4.78 is 0. The van der Waals surface area contributed by atoms with Crippen LogP contribution in [0.3, 0.4) is 0 Å². The van der Waals surface area contributed by atoms with Crippen LogP contribution in [-0.4, -0.2) is 12.8 Å².